The van der Waals surface area contributed by atoms with Crippen molar-refractivity contribution >= 4 is 16.6 Å². The van der Waals surface area contributed by atoms with E-state index in [1.54, 1.807) is 18.3 Å². The summed E-state index contributed by atoms with van der Waals surface area (Å²) in [4.78, 5) is 4.34. The number of pyridine rings is 1. The molecule has 2 aromatic carbocycles. The molecule has 0 aliphatic carbocycles. The normalized spacial score (nSPS) is 10.5. The van der Waals surface area contributed by atoms with Gasteiger partial charge in [-0.05, 0) is 42.0 Å². The Hall–Kier alpha value is -2.55. The molecular formula is C16H14N2O. The maximum absolute atomic E-state index is 9.25. The third-order valence-electron chi connectivity index (χ3n) is 3.06. The molecule has 0 atom stereocenters. The summed E-state index contributed by atoms with van der Waals surface area (Å²) < 4.78 is 0. The Morgan fingerprint density at radius 1 is 0.947 bits per heavy atom. The number of aromatic nitrogens is 1. The van der Waals surface area contributed by atoms with Crippen molar-refractivity contribution in [2.45, 2.75) is 6.54 Å². The molecule has 1 heterocycles. The predicted molar refractivity (Wildman–Crippen MR) is 77.2 cm³/mol. The standard InChI is InChI=1S/C16H14N2O/c19-13-8-6-12(7-9-13)11-18-16-5-1-4-15-14(16)3-2-10-17-15/h1-10,18-19H,11H2. The van der Waals surface area contributed by atoms with E-state index >= 15 is 0 Å². The monoisotopic (exact) mass is 250 g/mol. The summed E-state index contributed by atoms with van der Waals surface area (Å²) in [7, 11) is 0. The second-order valence-corrected chi connectivity index (χ2v) is 4.40. The molecule has 3 nitrogen and oxygen atoms in total. The minimum atomic E-state index is 0.290. The van der Waals surface area contributed by atoms with Gasteiger partial charge in [0.15, 0.2) is 0 Å². The van der Waals surface area contributed by atoms with Crippen LogP contribution in [0.25, 0.3) is 10.9 Å². The zero-order valence-corrected chi connectivity index (χ0v) is 10.4. The largest absolute Gasteiger partial charge is 0.508 e. The Morgan fingerprint density at radius 3 is 2.63 bits per heavy atom. The highest BCUT2D eigenvalue weighted by Crippen LogP contribution is 2.22. The van der Waals surface area contributed by atoms with E-state index < -0.39 is 0 Å². The second kappa shape index (κ2) is 4.98. The van der Waals surface area contributed by atoms with E-state index in [0.29, 0.717) is 6.54 Å². The number of nitrogens with one attached hydrogen (secondary N) is 1. The summed E-state index contributed by atoms with van der Waals surface area (Å²) in [5.41, 5.74) is 3.18. The maximum atomic E-state index is 9.25. The fraction of sp³-hybridized carbons (Fsp3) is 0.0625. The van der Waals surface area contributed by atoms with Crippen LogP contribution in [0, 0.1) is 0 Å². The van der Waals surface area contributed by atoms with Gasteiger partial charge in [-0.15, -0.1) is 0 Å². The minimum absolute atomic E-state index is 0.290. The Labute approximate surface area is 111 Å². The lowest BCUT2D eigenvalue weighted by molar-refractivity contribution is 0.475. The average Bonchev–Trinajstić information content (AvgIpc) is 2.47. The number of rotatable bonds is 3. The number of phenols is 1. The number of anilines is 1. The first-order valence-electron chi connectivity index (χ1n) is 6.18. The number of phenolic OH excluding ortho intramolecular Hbond substituents is 1. The Morgan fingerprint density at radius 2 is 1.79 bits per heavy atom. The zero-order valence-electron chi connectivity index (χ0n) is 10.4. The van der Waals surface area contributed by atoms with Crippen molar-refractivity contribution in [1.29, 1.82) is 0 Å². The van der Waals surface area contributed by atoms with Crippen LogP contribution in [0.1, 0.15) is 5.56 Å². The lowest BCUT2D eigenvalue weighted by atomic mass is 10.1. The van der Waals surface area contributed by atoms with E-state index in [4.69, 9.17) is 0 Å². The van der Waals surface area contributed by atoms with E-state index in [9.17, 15) is 5.11 Å². The van der Waals surface area contributed by atoms with Gasteiger partial charge in [-0.3, -0.25) is 4.98 Å². The van der Waals surface area contributed by atoms with Gasteiger partial charge in [0.25, 0.3) is 0 Å². The summed E-state index contributed by atoms with van der Waals surface area (Å²) in [6.45, 7) is 0.717. The molecule has 0 spiro atoms. The minimum Gasteiger partial charge on any atom is -0.508 e. The molecule has 0 fully saturated rings. The maximum Gasteiger partial charge on any atom is 0.115 e. The summed E-state index contributed by atoms with van der Waals surface area (Å²) >= 11 is 0. The Bertz CT molecular complexity index is 687. The van der Waals surface area contributed by atoms with Gasteiger partial charge in [0.1, 0.15) is 5.75 Å². The van der Waals surface area contributed by atoms with Crippen molar-refractivity contribution in [3.05, 3.63) is 66.4 Å². The molecule has 0 bridgehead atoms. The highest BCUT2D eigenvalue weighted by molar-refractivity contribution is 5.91. The molecule has 3 heteroatoms. The summed E-state index contributed by atoms with van der Waals surface area (Å²) in [5.74, 6) is 0.290. The molecular weight excluding hydrogens is 236 g/mol. The highest BCUT2D eigenvalue weighted by atomic mass is 16.3. The van der Waals surface area contributed by atoms with Gasteiger partial charge in [0.05, 0.1) is 5.52 Å². The number of aromatic hydroxyl groups is 1. The molecule has 0 saturated carbocycles. The van der Waals surface area contributed by atoms with Crippen LogP contribution in [0.15, 0.2) is 60.8 Å². The molecule has 0 saturated heterocycles. The first-order valence-corrected chi connectivity index (χ1v) is 6.18. The molecule has 0 radical (unpaired) electrons. The van der Waals surface area contributed by atoms with Crippen LogP contribution in [0.4, 0.5) is 5.69 Å². The molecule has 0 aliphatic heterocycles. The second-order valence-electron chi connectivity index (χ2n) is 4.40. The topological polar surface area (TPSA) is 45.1 Å². The lowest BCUT2D eigenvalue weighted by Crippen LogP contribution is -1.99. The van der Waals surface area contributed by atoms with E-state index in [1.807, 2.05) is 36.4 Å². The third-order valence-corrected chi connectivity index (χ3v) is 3.06. The summed E-state index contributed by atoms with van der Waals surface area (Å²) in [6.07, 6.45) is 1.80. The Balaban J connectivity index is 1.84. The number of nitrogens with zero attached hydrogens (tertiary/aromatic N) is 1. The molecule has 94 valence electrons. The molecule has 3 aromatic rings. The van der Waals surface area contributed by atoms with Crippen LogP contribution in [0.5, 0.6) is 5.75 Å². The average molecular weight is 250 g/mol. The van der Waals surface area contributed by atoms with Gasteiger partial charge in [-0.25, -0.2) is 0 Å². The van der Waals surface area contributed by atoms with Gasteiger partial charge >= 0.3 is 0 Å². The van der Waals surface area contributed by atoms with Crippen molar-refractivity contribution in [1.82, 2.24) is 4.98 Å². The summed E-state index contributed by atoms with van der Waals surface area (Å²) in [5, 5.41) is 13.8. The fourth-order valence-electron chi connectivity index (χ4n) is 2.07. The zero-order chi connectivity index (χ0) is 13.1. The van der Waals surface area contributed by atoms with Gasteiger partial charge in [0, 0.05) is 23.8 Å². The molecule has 3 rings (SSSR count). The van der Waals surface area contributed by atoms with Crippen molar-refractivity contribution < 1.29 is 5.11 Å². The summed E-state index contributed by atoms with van der Waals surface area (Å²) in [6, 6.07) is 17.2. The van der Waals surface area contributed by atoms with Crippen LogP contribution >= 0.6 is 0 Å². The molecule has 0 unspecified atom stereocenters. The quantitative estimate of drug-likeness (QED) is 0.747. The highest BCUT2D eigenvalue weighted by Gasteiger charge is 2.00. The van der Waals surface area contributed by atoms with Crippen molar-refractivity contribution in [3.8, 4) is 5.75 Å². The predicted octanol–water partition coefficient (Wildman–Crippen LogP) is 3.55. The van der Waals surface area contributed by atoms with Crippen molar-refractivity contribution in [2.24, 2.45) is 0 Å². The smallest absolute Gasteiger partial charge is 0.115 e. The molecule has 2 N–H and O–H groups in total. The van der Waals surface area contributed by atoms with Crippen LogP contribution in [-0.2, 0) is 6.54 Å². The first kappa shape index (κ1) is 11.5. The van der Waals surface area contributed by atoms with E-state index in [0.717, 1.165) is 22.2 Å². The fourth-order valence-corrected chi connectivity index (χ4v) is 2.07. The number of hydrogen-bond acceptors (Lipinski definition) is 3. The van der Waals surface area contributed by atoms with Crippen LogP contribution in [0.3, 0.4) is 0 Å². The Kier molecular flexibility index (Phi) is 3.02. The number of benzene rings is 2. The molecule has 1 aromatic heterocycles. The third kappa shape index (κ3) is 2.50. The number of hydrogen-bond donors (Lipinski definition) is 2. The van der Waals surface area contributed by atoms with Gasteiger partial charge < -0.3 is 10.4 Å². The van der Waals surface area contributed by atoms with Crippen molar-refractivity contribution in [2.75, 3.05) is 5.32 Å². The van der Waals surface area contributed by atoms with Crippen molar-refractivity contribution in [3.63, 3.8) is 0 Å². The first-order chi connectivity index (χ1) is 9.33. The van der Waals surface area contributed by atoms with E-state index in [2.05, 4.69) is 16.4 Å². The van der Waals surface area contributed by atoms with Gasteiger partial charge in [-0.1, -0.05) is 18.2 Å². The molecule has 0 amide bonds. The number of fused-ring (bicyclic) bond motifs is 1. The van der Waals surface area contributed by atoms with Crippen LogP contribution in [0.2, 0.25) is 0 Å². The van der Waals surface area contributed by atoms with Crippen LogP contribution < -0.4 is 5.32 Å². The van der Waals surface area contributed by atoms with Crippen LogP contribution in [-0.4, -0.2) is 10.1 Å². The van der Waals surface area contributed by atoms with E-state index in [-0.39, 0.29) is 5.75 Å². The van der Waals surface area contributed by atoms with E-state index in [1.165, 1.54) is 0 Å². The molecule has 0 aliphatic rings. The van der Waals surface area contributed by atoms with Gasteiger partial charge in [-0.2, -0.15) is 0 Å². The lowest BCUT2D eigenvalue weighted by Gasteiger charge is -2.09. The van der Waals surface area contributed by atoms with Gasteiger partial charge in [0.2, 0.25) is 0 Å². The molecule has 19 heavy (non-hydrogen) atoms. The SMILES string of the molecule is Oc1ccc(CNc2cccc3ncccc23)cc1.